The lowest BCUT2D eigenvalue weighted by Gasteiger charge is -2.26. The molecule has 0 amide bonds. The molecule has 4 nitrogen and oxygen atoms in total. The van der Waals surface area contributed by atoms with Crippen molar-refractivity contribution in [1.82, 2.24) is 9.13 Å². The number of aromatic nitrogens is 2. The van der Waals surface area contributed by atoms with Gasteiger partial charge in [0.25, 0.3) is 0 Å². The first-order valence-electron chi connectivity index (χ1n) is 18.7. The minimum absolute atomic E-state index is 0.204. The normalized spacial score (nSPS) is 14.3. The van der Waals surface area contributed by atoms with E-state index in [-0.39, 0.29) is 6.17 Å². The van der Waals surface area contributed by atoms with E-state index in [4.69, 9.17) is 4.99 Å². The van der Waals surface area contributed by atoms with Crippen molar-refractivity contribution in [1.29, 1.82) is 0 Å². The molecule has 0 radical (unpaired) electrons. The molecule has 1 aliphatic heterocycles. The van der Waals surface area contributed by atoms with E-state index in [1.54, 1.807) is 0 Å². The zero-order valence-electron chi connectivity index (χ0n) is 29.6. The van der Waals surface area contributed by atoms with Crippen LogP contribution in [0.15, 0.2) is 187 Å². The van der Waals surface area contributed by atoms with Crippen LogP contribution in [0.5, 0.6) is 0 Å². The minimum atomic E-state index is -0.204. The maximum absolute atomic E-state index is 5.28. The van der Waals surface area contributed by atoms with Crippen LogP contribution in [0.2, 0.25) is 0 Å². The van der Waals surface area contributed by atoms with E-state index in [0.29, 0.717) is 0 Å². The number of hydrogen-bond donors (Lipinski definition) is 1. The smallest absolute Gasteiger partial charge is 0.145 e. The molecule has 0 saturated heterocycles. The fraction of sp³-hybridized carbons (Fsp3) is 0.0200. The fourth-order valence-electron chi connectivity index (χ4n) is 8.85. The number of rotatable bonds is 4. The lowest BCUT2D eigenvalue weighted by molar-refractivity contribution is 0.827. The van der Waals surface area contributed by atoms with Crippen molar-refractivity contribution in [2.24, 2.45) is 4.99 Å². The Labute approximate surface area is 320 Å². The standard InChI is InChI=1S/C50H32N4S/c1-3-13-31(14-4-1)47-39-19-7-10-20-42(39)51-50(52-47)32-23-25-34(26-24-32)53-43-21-11-8-17-35(43)40-29-41-37-27-28-38-36-18-9-12-22-46(36)55-49(38)48(37)54(45(41)30-44(40)53)33-15-5-2-6-16-33/h1-30,50-51H. The summed E-state index contributed by atoms with van der Waals surface area (Å²) in [5, 5.41) is 11.4. The van der Waals surface area contributed by atoms with Crippen LogP contribution >= 0.6 is 11.3 Å². The summed E-state index contributed by atoms with van der Waals surface area (Å²) in [5.74, 6) is 0. The Hall–Kier alpha value is -6.95. The minimum Gasteiger partial charge on any atom is -0.360 e. The molecule has 1 atom stereocenters. The molecule has 55 heavy (non-hydrogen) atoms. The van der Waals surface area contributed by atoms with Gasteiger partial charge in [-0.05, 0) is 60.2 Å². The van der Waals surface area contributed by atoms with E-state index in [1.807, 2.05) is 11.3 Å². The van der Waals surface area contributed by atoms with Crippen LogP contribution in [0.4, 0.5) is 5.69 Å². The lowest BCUT2D eigenvalue weighted by Crippen LogP contribution is -2.20. The van der Waals surface area contributed by atoms with Gasteiger partial charge in [-0.1, -0.05) is 127 Å². The van der Waals surface area contributed by atoms with Crippen molar-refractivity contribution in [3.05, 3.63) is 199 Å². The number of nitrogens with one attached hydrogen (secondary N) is 1. The second-order valence-electron chi connectivity index (χ2n) is 14.4. The first-order valence-corrected chi connectivity index (χ1v) is 19.6. The average molecular weight is 721 g/mol. The highest BCUT2D eigenvalue weighted by atomic mass is 32.1. The second kappa shape index (κ2) is 11.8. The van der Waals surface area contributed by atoms with Crippen LogP contribution in [0.1, 0.15) is 22.9 Å². The molecule has 3 aromatic heterocycles. The van der Waals surface area contributed by atoms with Crippen molar-refractivity contribution < 1.29 is 0 Å². The third-order valence-electron chi connectivity index (χ3n) is 11.3. The van der Waals surface area contributed by atoms with Crippen LogP contribution in [-0.2, 0) is 0 Å². The van der Waals surface area contributed by atoms with Gasteiger partial charge in [0.1, 0.15) is 6.17 Å². The molecule has 12 rings (SSSR count). The highest BCUT2D eigenvalue weighted by molar-refractivity contribution is 7.26. The van der Waals surface area contributed by atoms with E-state index >= 15 is 0 Å². The van der Waals surface area contributed by atoms with Gasteiger partial charge in [0, 0.05) is 65.2 Å². The monoisotopic (exact) mass is 720 g/mol. The van der Waals surface area contributed by atoms with E-state index in [0.717, 1.165) is 39.5 Å². The average Bonchev–Trinajstić information content (AvgIpc) is 3.90. The summed E-state index contributed by atoms with van der Waals surface area (Å²) < 4.78 is 7.55. The molecule has 0 spiro atoms. The topological polar surface area (TPSA) is 34.2 Å². The quantitative estimate of drug-likeness (QED) is 0.193. The van der Waals surface area contributed by atoms with Crippen molar-refractivity contribution in [3.63, 3.8) is 0 Å². The molecule has 1 unspecified atom stereocenters. The van der Waals surface area contributed by atoms with Gasteiger partial charge in [-0.3, -0.25) is 4.99 Å². The Balaban J connectivity index is 1.07. The van der Waals surface area contributed by atoms with Gasteiger partial charge >= 0.3 is 0 Å². The van der Waals surface area contributed by atoms with E-state index in [9.17, 15) is 0 Å². The van der Waals surface area contributed by atoms with Crippen LogP contribution < -0.4 is 5.32 Å². The van der Waals surface area contributed by atoms with E-state index < -0.39 is 0 Å². The number of thiophene rings is 1. The molecule has 0 fully saturated rings. The van der Waals surface area contributed by atoms with Crippen molar-refractivity contribution >= 4 is 86.5 Å². The maximum Gasteiger partial charge on any atom is 0.145 e. The van der Waals surface area contributed by atoms with Crippen LogP contribution in [0.25, 0.3) is 75.2 Å². The Morgan fingerprint density at radius 1 is 0.473 bits per heavy atom. The molecule has 0 saturated carbocycles. The molecule has 5 heteroatoms. The van der Waals surface area contributed by atoms with Crippen molar-refractivity contribution in [3.8, 4) is 11.4 Å². The fourth-order valence-corrected chi connectivity index (χ4v) is 10.1. The third-order valence-corrected chi connectivity index (χ3v) is 12.5. The molecule has 8 aromatic carbocycles. The van der Waals surface area contributed by atoms with Gasteiger partial charge in [0.05, 0.1) is 32.5 Å². The molecule has 0 bridgehead atoms. The Morgan fingerprint density at radius 3 is 1.98 bits per heavy atom. The third kappa shape index (κ3) is 4.54. The van der Waals surface area contributed by atoms with Gasteiger partial charge in [-0.15, -0.1) is 11.3 Å². The number of para-hydroxylation sites is 3. The lowest BCUT2D eigenvalue weighted by atomic mass is 9.97. The highest BCUT2D eigenvalue weighted by Crippen LogP contribution is 2.45. The summed E-state index contributed by atoms with van der Waals surface area (Å²) in [6, 6.07) is 65.9. The number of anilines is 1. The molecular weight excluding hydrogens is 689 g/mol. The molecule has 258 valence electrons. The molecule has 11 aromatic rings. The molecule has 1 aliphatic rings. The van der Waals surface area contributed by atoms with Gasteiger partial charge in [0.15, 0.2) is 0 Å². The number of benzene rings is 8. The predicted molar refractivity (Wildman–Crippen MR) is 233 cm³/mol. The van der Waals surface area contributed by atoms with Gasteiger partial charge < -0.3 is 14.5 Å². The predicted octanol–water partition coefficient (Wildman–Crippen LogP) is 13.2. The second-order valence-corrected chi connectivity index (χ2v) is 15.4. The van der Waals surface area contributed by atoms with Crippen molar-refractivity contribution in [2.45, 2.75) is 6.17 Å². The van der Waals surface area contributed by atoms with Crippen LogP contribution in [-0.4, -0.2) is 14.8 Å². The SMILES string of the molecule is c1ccc(C2=NC(c3ccc(-n4c5ccccc5c5cc6c7ccc8c9ccccc9sc8c7n(-c7ccccc7)c6cc54)cc3)Nc3ccccc32)cc1. The Morgan fingerprint density at radius 2 is 1.13 bits per heavy atom. The number of aliphatic imine (C=N–C) groups is 1. The zero-order valence-corrected chi connectivity index (χ0v) is 30.5. The first kappa shape index (κ1) is 30.5. The molecular formula is C50H32N4S. The summed E-state index contributed by atoms with van der Waals surface area (Å²) in [6.45, 7) is 0. The maximum atomic E-state index is 5.28. The molecule has 4 heterocycles. The summed E-state index contributed by atoms with van der Waals surface area (Å²) in [4.78, 5) is 5.28. The zero-order chi connectivity index (χ0) is 36.0. The molecule has 0 aliphatic carbocycles. The molecule has 1 N–H and O–H groups in total. The van der Waals surface area contributed by atoms with Gasteiger partial charge in [0.2, 0.25) is 0 Å². The highest BCUT2D eigenvalue weighted by Gasteiger charge is 2.24. The summed E-state index contributed by atoms with van der Waals surface area (Å²) in [7, 11) is 0. The van der Waals surface area contributed by atoms with E-state index in [2.05, 4.69) is 196 Å². The first-order chi connectivity index (χ1) is 27.3. The summed E-state index contributed by atoms with van der Waals surface area (Å²) >= 11 is 1.89. The van der Waals surface area contributed by atoms with E-state index in [1.165, 1.54) is 63.8 Å². The van der Waals surface area contributed by atoms with Gasteiger partial charge in [-0.25, -0.2) is 0 Å². The Kier molecular flexibility index (Phi) is 6.53. The summed E-state index contributed by atoms with van der Waals surface area (Å²) in [6.07, 6.45) is -0.204. The number of fused-ring (bicyclic) bond motifs is 11. The van der Waals surface area contributed by atoms with Gasteiger partial charge in [-0.2, -0.15) is 0 Å². The Bertz CT molecular complexity index is 3330. The summed E-state index contributed by atoms with van der Waals surface area (Å²) in [5.41, 5.74) is 12.6. The largest absolute Gasteiger partial charge is 0.360 e. The van der Waals surface area contributed by atoms with Crippen LogP contribution in [0.3, 0.4) is 0 Å². The van der Waals surface area contributed by atoms with Crippen molar-refractivity contribution in [2.75, 3.05) is 5.32 Å². The van der Waals surface area contributed by atoms with Crippen LogP contribution in [0, 0.1) is 0 Å². The number of hydrogen-bond acceptors (Lipinski definition) is 3. The number of nitrogens with zero attached hydrogens (tertiary/aromatic N) is 3.